The van der Waals surface area contributed by atoms with Crippen LogP contribution < -0.4 is 17.3 Å². The van der Waals surface area contributed by atoms with Crippen LogP contribution in [0.15, 0.2) is 133 Å². The molecule has 0 bridgehead atoms. The lowest BCUT2D eigenvalue weighted by molar-refractivity contribution is -0.436. The Morgan fingerprint density at radius 2 is 1.38 bits per heavy atom. The molecule has 0 aromatic heterocycles. The minimum absolute atomic E-state index is 0. The third-order valence-corrected chi connectivity index (χ3v) is 9.63. The number of hydrogen-bond acceptors (Lipinski definition) is 3. The van der Waals surface area contributed by atoms with Crippen LogP contribution in [-0.2, 0) is 15.6 Å². The number of aliphatic hydroxyl groups excluding tert-OH is 1. The van der Waals surface area contributed by atoms with Crippen LogP contribution in [0.3, 0.4) is 0 Å². The molecule has 6 heteroatoms. The molecule has 6 rings (SSSR count). The highest BCUT2D eigenvalue weighted by atomic mass is 35.5. The number of benzene rings is 4. The summed E-state index contributed by atoms with van der Waals surface area (Å²) in [4.78, 5) is 13.9. The van der Waals surface area contributed by atoms with Gasteiger partial charge in [0.05, 0.1) is 11.2 Å². The van der Waals surface area contributed by atoms with E-state index in [4.69, 9.17) is 0 Å². The molecule has 0 atom stereocenters. The molecule has 4 aromatic rings. The first-order chi connectivity index (χ1) is 22.5. The number of fused-ring (bicyclic) bond motifs is 6. The highest BCUT2D eigenvalue weighted by Gasteiger charge is 2.45. The van der Waals surface area contributed by atoms with Gasteiger partial charge in [-0.25, -0.2) is 0 Å². The third kappa shape index (κ3) is 6.23. The number of aliphatic hydroxyl groups is 1. The van der Waals surface area contributed by atoms with Gasteiger partial charge < -0.3 is 27.5 Å². The summed E-state index contributed by atoms with van der Waals surface area (Å²) in [6, 6.07) is 25.5. The van der Waals surface area contributed by atoms with E-state index in [-0.39, 0.29) is 35.4 Å². The molecule has 0 unspecified atom stereocenters. The fraction of sp³-hybridized carbons (Fsp3) is 0.238. The summed E-state index contributed by atoms with van der Waals surface area (Å²) in [6.07, 6.45) is 15.0. The second kappa shape index (κ2) is 13.7. The number of hydrogen-bond donors (Lipinski definition) is 2. The van der Waals surface area contributed by atoms with Gasteiger partial charge in [0.15, 0.2) is 12.3 Å². The summed E-state index contributed by atoms with van der Waals surface area (Å²) in [5.41, 5.74) is 6.51. The molecule has 246 valence electrons. The Kier molecular flexibility index (Phi) is 9.84. The Morgan fingerprint density at radius 3 is 2.04 bits per heavy atom. The van der Waals surface area contributed by atoms with Crippen molar-refractivity contribution >= 4 is 44.6 Å². The zero-order chi connectivity index (χ0) is 33.3. The molecule has 0 amide bonds. The Hall–Kier alpha value is -4.87. The predicted molar refractivity (Wildman–Crippen MR) is 195 cm³/mol. The average Bonchev–Trinajstić information content (AvgIpc) is 3.40. The summed E-state index contributed by atoms with van der Waals surface area (Å²) in [5, 5.41) is 24.3. The molecule has 5 nitrogen and oxygen atoms in total. The summed E-state index contributed by atoms with van der Waals surface area (Å²) >= 11 is 0. The Labute approximate surface area is 289 Å². The molecule has 0 saturated carbocycles. The number of carboxylic acids is 1. The first-order valence-corrected chi connectivity index (χ1v) is 16.3. The maximum absolute atomic E-state index is 11.6. The maximum Gasteiger partial charge on any atom is 0.309 e. The molecule has 2 aliphatic rings. The number of halogens is 1. The summed E-state index contributed by atoms with van der Waals surface area (Å²) in [5.74, 6) is -0.621. The number of nitrogens with zero attached hydrogens (tertiary/aromatic N) is 2. The van der Waals surface area contributed by atoms with Crippen molar-refractivity contribution in [3.05, 3.63) is 144 Å². The predicted octanol–water partition coefficient (Wildman–Crippen LogP) is 6.66. The molecule has 48 heavy (non-hydrogen) atoms. The van der Waals surface area contributed by atoms with Gasteiger partial charge in [-0.1, -0.05) is 105 Å². The molecule has 0 radical (unpaired) electrons. The Bertz CT molecular complexity index is 2060. The Balaban J connectivity index is 0.00000451. The normalized spacial score (nSPS) is 17.2. The van der Waals surface area contributed by atoms with Crippen molar-refractivity contribution in [1.29, 1.82) is 0 Å². The monoisotopic (exact) mass is 658 g/mol. The number of rotatable bonds is 10. The zero-order valence-electron chi connectivity index (χ0n) is 28.1. The van der Waals surface area contributed by atoms with Crippen molar-refractivity contribution in [3.63, 3.8) is 0 Å². The van der Waals surface area contributed by atoms with Crippen LogP contribution in [0.5, 0.6) is 0 Å². The largest absolute Gasteiger partial charge is 1.00 e. The van der Waals surface area contributed by atoms with E-state index in [0.29, 0.717) is 19.5 Å². The number of allylic oxidation sites excluding steroid dienone is 8. The van der Waals surface area contributed by atoms with Crippen molar-refractivity contribution in [2.24, 2.45) is 0 Å². The van der Waals surface area contributed by atoms with E-state index in [1.54, 1.807) is 0 Å². The van der Waals surface area contributed by atoms with Gasteiger partial charge in [-0.05, 0) is 59.2 Å². The quantitative estimate of drug-likeness (QED) is 0.114. The van der Waals surface area contributed by atoms with E-state index < -0.39 is 5.97 Å². The fourth-order valence-electron chi connectivity index (χ4n) is 7.49. The highest BCUT2D eigenvalue weighted by Crippen LogP contribution is 2.51. The fourth-order valence-corrected chi connectivity index (χ4v) is 7.49. The molecule has 0 saturated heterocycles. The third-order valence-electron chi connectivity index (χ3n) is 9.63. The smallest absolute Gasteiger partial charge is 0.309 e. The van der Waals surface area contributed by atoms with Crippen molar-refractivity contribution in [2.75, 3.05) is 18.0 Å². The van der Waals surface area contributed by atoms with Crippen molar-refractivity contribution in [1.82, 2.24) is 0 Å². The van der Waals surface area contributed by atoms with E-state index in [0.717, 1.165) is 11.4 Å². The molecule has 0 aliphatic carbocycles. The maximum atomic E-state index is 11.6. The van der Waals surface area contributed by atoms with E-state index in [1.807, 2.05) is 24.3 Å². The number of carbonyl (C=O) groups is 1. The van der Waals surface area contributed by atoms with Crippen LogP contribution >= 0.6 is 0 Å². The van der Waals surface area contributed by atoms with Gasteiger partial charge in [0.1, 0.15) is 6.42 Å². The molecular weight excluding hydrogens is 616 g/mol. The lowest BCUT2D eigenvalue weighted by Gasteiger charge is -2.27. The van der Waals surface area contributed by atoms with Gasteiger partial charge >= 0.3 is 5.97 Å². The van der Waals surface area contributed by atoms with E-state index in [1.165, 1.54) is 44.1 Å². The topological polar surface area (TPSA) is 63.8 Å². The SMILES string of the molecule is C=C(O)CCN1/C(=C/C=C/C=C/C=C/C2=[N+](CCC(=O)O)c3ccc4ccccc4c3C2(C)C)C(C)(C)c2c1ccc1ccccc21.[Cl-]. The minimum Gasteiger partial charge on any atom is -1.00 e. The number of anilines is 1. The molecule has 2 heterocycles. The number of aliphatic carboxylic acids is 1. The van der Waals surface area contributed by atoms with Crippen LogP contribution in [0.4, 0.5) is 11.4 Å². The lowest BCUT2D eigenvalue weighted by Crippen LogP contribution is -3.00. The molecule has 4 aromatic carbocycles. The molecule has 0 fully saturated rings. The van der Waals surface area contributed by atoms with Gasteiger partial charge in [0.2, 0.25) is 5.69 Å². The van der Waals surface area contributed by atoms with Gasteiger partial charge in [-0.3, -0.25) is 4.79 Å². The second-order valence-corrected chi connectivity index (χ2v) is 13.4. The highest BCUT2D eigenvalue weighted by molar-refractivity contribution is 6.07. The molecule has 0 spiro atoms. The molecular formula is C42H43ClN2O3. The van der Waals surface area contributed by atoms with Crippen molar-refractivity contribution < 1.29 is 32.0 Å². The Morgan fingerprint density at radius 1 is 0.771 bits per heavy atom. The van der Waals surface area contributed by atoms with Gasteiger partial charge in [0, 0.05) is 47.5 Å². The van der Waals surface area contributed by atoms with Crippen LogP contribution in [0.25, 0.3) is 21.5 Å². The summed E-state index contributed by atoms with van der Waals surface area (Å²) in [6.45, 7) is 13.7. The molecule has 2 N–H and O–H groups in total. The van der Waals surface area contributed by atoms with Crippen LogP contribution in [-0.4, -0.2) is 39.6 Å². The van der Waals surface area contributed by atoms with Crippen molar-refractivity contribution in [2.45, 2.75) is 51.4 Å². The second-order valence-electron chi connectivity index (χ2n) is 13.4. The standard InChI is InChI=1S/C42H42N2O3.ClH/c1-29(45)25-27-43-34-23-21-30-15-11-13-17-32(30)39(34)41(2,3)36(43)19-9-7-6-8-10-20-37-42(4,5)40-33-18-14-12-16-31(33)22-24-35(40)44(37)28-26-38(46)47;/h6-24H,1,25-28H2,2-5H3,(H-,45,46,47);1H. The van der Waals surface area contributed by atoms with E-state index in [2.05, 4.69) is 135 Å². The first kappa shape index (κ1) is 34.5. The minimum atomic E-state index is -0.805. The van der Waals surface area contributed by atoms with Crippen LogP contribution in [0.1, 0.15) is 51.7 Å². The van der Waals surface area contributed by atoms with Crippen molar-refractivity contribution in [3.8, 4) is 0 Å². The van der Waals surface area contributed by atoms with Crippen LogP contribution in [0.2, 0.25) is 0 Å². The molecule has 2 aliphatic heterocycles. The zero-order valence-corrected chi connectivity index (χ0v) is 28.8. The van der Waals surface area contributed by atoms with Crippen LogP contribution in [0, 0.1) is 0 Å². The van der Waals surface area contributed by atoms with Gasteiger partial charge in [-0.15, -0.1) is 0 Å². The summed E-state index contributed by atoms with van der Waals surface area (Å²) < 4.78 is 2.17. The van der Waals surface area contributed by atoms with Gasteiger partial charge in [-0.2, -0.15) is 4.58 Å². The first-order valence-electron chi connectivity index (χ1n) is 16.3. The van der Waals surface area contributed by atoms with E-state index in [9.17, 15) is 15.0 Å². The van der Waals surface area contributed by atoms with Gasteiger partial charge in [0.25, 0.3) is 0 Å². The summed E-state index contributed by atoms with van der Waals surface area (Å²) in [7, 11) is 0. The van der Waals surface area contributed by atoms with E-state index >= 15 is 0 Å². The average molecular weight is 659 g/mol. The number of carboxylic acid groups (broad SMARTS) is 1. The lowest BCUT2D eigenvalue weighted by atomic mass is 9.79.